The quantitative estimate of drug-likeness (QED) is 0.737. The van der Waals surface area contributed by atoms with Gasteiger partial charge in [0.2, 0.25) is 0 Å². The number of benzene rings is 1. The summed E-state index contributed by atoms with van der Waals surface area (Å²) in [6.07, 6.45) is -3.86. The summed E-state index contributed by atoms with van der Waals surface area (Å²) in [5.41, 5.74) is 0. The van der Waals surface area contributed by atoms with Gasteiger partial charge in [-0.05, 0) is 54.6 Å². The SMILES string of the molecule is CN(C)CCCOc1ccc(OC(F)(F)F)c(Br)c1. The molecule has 0 saturated heterocycles. The zero-order valence-electron chi connectivity index (χ0n) is 10.6. The molecule has 0 aromatic heterocycles. The van der Waals surface area contributed by atoms with E-state index in [1.54, 1.807) is 0 Å². The van der Waals surface area contributed by atoms with Crippen LogP contribution in [0.4, 0.5) is 13.2 Å². The van der Waals surface area contributed by atoms with E-state index >= 15 is 0 Å². The van der Waals surface area contributed by atoms with Crippen LogP contribution in [0.5, 0.6) is 11.5 Å². The van der Waals surface area contributed by atoms with E-state index in [-0.39, 0.29) is 10.2 Å². The molecule has 0 radical (unpaired) electrons. The highest BCUT2D eigenvalue weighted by Crippen LogP contribution is 2.33. The molecule has 108 valence electrons. The maximum atomic E-state index is 12.1. The average Bonchev–Trinajstić information content (AvgIpc) is 2.26. The number of alkyl halides is 3. The Hall–Kier alpha value is -0.950. The van der Waals surface area contributed by atoms with Gasteiger partial charge in [-0.15, -0.1) is 13.2 Å². The number of ether oxygens (including phenoxy) is 2. The summed E-state index contributed by atoms with van der Waals surface area (Å²) < 4.78 is 45.7. The van der Waals surface area contributed by atoms with Crippen LogP contribution in [-0.2, 0) is 0 Å². The summed E-state index contributed by atoms with van der Waals surface area (Å²) in [6.45, 7) is 1.39. The van der Waals surface area contributed by atoms with Gasteiger partial charge in [-0.2, -0.15) is 0 Å². The Morgan fingerprint density at radius 3 is 2.47 bits per heavy atom. The summed E-state index contributed by atoms with van der Waals surface area (Å²) in [6, 6.07) is 4.12. The minimum Gasteiger partial charge on any atom is -0.494 e. The van der Waals surface area contributed by atoms with Crippen molar-refractivity contribution in [1.82, 2.24) is 4.90 Å². The molecule has 1 aromatic carbocycles. The fourth-order valence-electron chi connectivity index (χ4n) is 1.35. The molecule has 0 saturated carbocycles. The van der Waals surface area contributed by atoms with Crippen molar-refractivity contribution in [3.63, 3.8) is 0 Å². The minimum absolute atomic E-state index is 0.204. The van der Waals surface area contributed by atoms with Crippen molar-refractivity contribution in [2.24, 2.45) is 0 Å². The van der Waals surface area contributed by atoms with Crippen LogP contribution in [0.1, 0.15) is 6.42 Å². The van der Waals surface area contributed by atoms with Gasteiger partial charge >= 0.3 is 6.36 Å². The predicted molar refractivity (Wildman–Crippen MR) is 69.5 cm³/mol. The van der Waals surface area contributed by atoms with Crippen LogP contribution >= 0.6 is 15.9 Å². The van der Waals surface area contributed by atoms with Crippen LogP contribution in [0.15, 0.2) is 22.7 Å². The summed E-state index contributed by atoms with van der Waals surface area (Å²) in [5.74, 6) is 0.216. The molecule has 3 nitrogen and oxygen atoms in total. The molecule has 7 heteroatoms. The lowest BCUT2D eigenvalue weighted by Gasteiger charge is -2.13. The monoisotopic (exact) mass is 341 g/mol. The molecule has 0 aliphatic carbocycles. The molecule has 0 unspecified atom stereocenters. The van der Waals surface area contributed by atoms with Crippen LogP contribution in [0.25, 0.3) is 0 Å². The maximum Gasteiger partial charge on any atom is 0.573 e. The number of hydrogen-bond donors (Lipinski definition) is 0. The van der Waals surface area contributed by atoms with Crippen LogP contribution in [0, 0.1) is 0 Å². The summed E-state index contributed by atoms with van der Waals surface area (Å²) >= 11 is 3.02. The van der Waals surface area contributed by atoms with E-state index in [0.29, 0.717) is 12.4 Å². The summed E-state index contributed by atoms with van der Waals surface area (Å²) in [5, 5.41) is 0. The first kappa shape index (κ1) is 16.1. The zero-order valence-corrected chi connectivity index (χ0v) is 12.2. The highest BCUT2D eigenvalue weighted by Gasteiger charge is 2.31. The van der Waals surface area contributed by atoms with E-state index < -0.39 is 6.36 Å². The van der Waals surface area contributed by atoms with E-state index in [4.69, 9.17) is 4.74 Å². The lowest BCUT2D eigenvalue weighted by molar-refractivity contribution is -0.274. The van der Waals surface area contributed by atoms with Gasteiger partial charge in [0.1, 0.15) is 11.5 Å². The van der Waals surface area contributed by atoms with E-state index in [1.165, 1.54) is 18.2 Å². The first-order valence-corrected chi connectivity index (χ1v) is 6.40. The molecule has 19 heavy (non-hydrogen) atoms. The normalized spacial score (nSPS) is 11.7. The van der Waals surface area contributed by atoms with Crippen molar-refractivity contribution in [3.8, 4) is 11.5 Å². The molecule has 0 amide bonds. The van der Waals surface area contributed by atoms with Gasteiger partial charge in [-0.1, -0.05) is 0 Å². The molecular weight excluding hydrogens is 327 g/mol. The third-order valence-electron chi connectivity index (χ3n) is 2.15. The average molecular weight is 342 g/mol. The topological polar surface area (TPSA) is 21.7 Å². The Morgan fingerprint density at radius 1 is 1.26 bits per heavy atom. The van der Waals surface area contributed by atoms with Gasteiger partial charge in [-0.25, -0.2) is 0 Å². The third kappa shape index (κ3) is 6.68. The van der Waals surface area contributed by atoms with Gasteiger partial charge in [0.05, 0.1) is 11.1 Å². The number of halogens is 4. The second-order valence-corrected chi connectivity index (χ2v) is 5.00. The highest BCUT2D eigenvalue weighted by molar-refractivity contribution is 9.10. The third-order valence-corrected chi connectivity index (χ3v) is 2.77. The number of nitrogens with zero attached hydrogens (tertiary/aromatic N) is 1. The summed E-state index contributed by atoms with van der Waals surface area (Å²) in [7, 11) is 3.92. The van der Waals surface area contributed by atoms with E-state index in [1.807, 2.05) is 19.0 Å². The minimum atomic E-state index is -4.70. The molecule has 0 heterocycles. The lowest BCUT2D eigenvalue weighted by atomic mass is 10.3. The molecular formula is C12H15BrF3NO2. The molecule has 1 aromatic rings. The second-order valence-electron chi connectivity index (χ2n) is 4.15. The summed E-state index contributed by atoms with van der Waals surface area (Å²) in [4.78, 5) is 2.03. The van der Waals surface area contributed by atoms with Crippen molar-refractivity contribution in [2.75, 3.05) is 27.2 Å². The standard InChI is InChI=1S/C12H15BrF3NO2/c1-17(2)6-3-7-18-9-4-5-11(10(13)8-9)19-12(14,15)16/h4-5,8H,3,6-7H2,1-2H3. The van der Waals surface area contributed by atoms with E-state index in [2.05, 4.69) is 20.7 Å². The second kappa shape index (κ2) is 7.00. The predicted octanol–water partition coefficient (Wildman–Crippen LogP) is 3.68. The van der Waals surface area contributed by atoms with Gasteiger partial charge in [0, 0.05) is 6.54 Å². The van der Waals surface area contributed by atoms with Crippen LogP contribution in [0.2, 0.25) is 0 Å². The number of rotatable bonds is 6. The molecule has 0 spiro atoms. The van der Waals surface area contributed by atoms with Gasteiger partial charge in [0.15, 0.2) is 0 Å². The Kier molecular flexibility index (Phi) is 5.93. The van der Waals surface area contributed by atoms with Crippen molar-refractivity contribution in [3.05, 3.63) is 22.7 Å². The molecule has 1 rings (SSSR count). The Bertz CT molecular complexity index is 410. The molecule has 0 atom stereocenters. The van der Waals surface area contributed by atoms with Crippen LogP contribution < -0.4 is 9.47 Å². The first-order chi connectivity index (χ1) is 8.78. The molecule has 0 fully saturated rings. The molecule has 0 N–H and O–H groups in total. The van der Waals surface area contributed by atoms with Crippen molar-refractivity contribution < 1.29 is 22.6 Å². The smallest absolute Gasteiger partial charge is 0.494 e. The van der Waals surface area contributed by atoms with Gasteiger partial charge in [-0.3, -0.25) is 0 Å². The molecule has 0 bridgehead atoms. The fraction of sp³-hybridized carbons (Fsp3) is 0.500. The van der Waals surface area contributed by atoms with Gasteiger partial charge in [0.25, 0.3) is 0 Å². The van der Waals surface area contributed by atoms with E-state index in [0.717, 1.165) is 13.0 Å². The molecule has 0 aliphatic rings. The maximum absolute atomic E-state index is 12.1. The highest BCUT2D eigenvalue weighted by atomic mass is 79.9. The van der Waals surface area contributed by atoms with Crippen molar-refractivity contribution >= 4 is 15.9 Å². The lowest BCUT2D eigenvalue weighted by Crippen LogP contribution is -2.17. The molecule has 0 aliphatic heterocycles. The zero-order chi connectivity index (χ0) is 14.5. The first-order valence-electron chi connectivity index (χ1n) is 5.61. The Balaban J connectivity index is 2.52. The Labute approximate surface area is 118 Å². The van der Waals surface area contributed by atoms with Crippen molar-refractivity contribution in [2.45, 2.75) is 12.8 Å². The largest absolute Gasteiger partial charge is 0.573 e. The van der Waals surface area contributed by atoms with Gasteiger partial charge < -0.3 is 14.4 Å². The number of hydrogen-bond acceptors (Lipinski definition) is 3. The van der Waals surface area contributed by atoms with Crippen LogP contribution in [0.3, 0.4) is 0 Å². The Morgan fingerprint density at radius 2 is 1.95 bits per heavy atom. The fourth-order valence-corrected chi connectivity index (χ4v) is 1.79. The van der Waals surface area contributed by atoms with Crippen LogP contribution in [-0.4, -0.2) is 38.5 Å². The van der Waals surface area contributed by atoms with E-state index in [9.17, 15) is 13.2 Å². The van der Waals surface area contributed by atoms with Crippen molar-refractivity contribution in [1.29, 1.82) is 0 Å².